The van der Waals surface area contributed by atoms with E-state index in [-0.39, 0.29) is 12.1 Å². The Kier molecular flexibility index (Phi) is 4.87. The number of rotatable bonds is 4. The second-order valence-electron chi connectivity index (χ2n) is 5.61. The Balaban J connectivity index is 3.08. The number of carbonyl (C=O) groups is 2. The van der Waals surface area contributed by atoms with Crippen LogP contribution in [-0.2, 0) is 4.79 Å². The Hall–Kier alpha value is -1.64. The molecule has 1 aromatic carbocycles. The molecule has 19 heavy (non-hydrogen) atoms. The Morgan fingerprint density at radius 2 is 1.32 bits per heavy atom. The summed E-state index contributed by atoms with van der Waals surface area (Å²) in [7, 11) is 0. The molecule has 0 unspecified atom stereocenters. The van der Waals surface area contributed by atoms with E-state index in [1.807, 2.05) is 47.6 Å². The van der Waals surface area contributed by atoms with E-state index >= 15 is 0 Å². The summed E-state index contributed by atoms with van der Waals surface area (Å²) >= 11 is 0. The van der Waals surface area contributed by atoms with Crippen LogP contribution in [0.4, 0.5) is 0 Å². The molecule has 1 rings (SSSR count). The maximum Gasteiger partial charge on any atom is 0.295 e. The van der Waals surface area contributed by atoms with Crippen molar-refractivity contribution in [1.29, 1.82) is 0 Å². The van der Waals surface area contributed by atoms with Crippen LogP contribution in [0.25, 0.3) is 0 Å². The van der Waals surface area contributed by atoms with Gasteiger partial charge in [-0.3, -0.25) is 9.59 Å². The highest BCUT2D eigenvalue weighted by Gasteiger charge is 2.27. The van der Waals surface area contributed by atoms with Gasteiger partial charge in [0.2, 0.25) is 5.78 Å². The van der Waals surface area contributed by atoms with Gasteiger partial charge in [-0.25, -0.2) is 0 Å². The lowest BCUT2D eigenvalue weighted by molar-refractivity contribution is -0.129. The van der Waals surface area contributed by atoms with E-state index in [1.165, 1.54) is 0 Å². The molecule has 0 radical (unpaired) electrons. The molecule has 1 amide bonds. The number of carbonyl (C=O) groups excluding carboxylic acids is 2. The Bertz CT molecular complexity index is 461. The molecule has 1 aromatic rings. The largest absolute Gasteiger partial charge is 0.331 e. The molecule has 104 valence electrons. The van der Waals surface area contributed by atoms with Crippen molar-refractivity contribution < 1.29 is 9.59 Å². The van der Waals surface area contributed by atoms with Crippen LogP contribution in [0.5, 0.6) is 0 Å². The predicted octanol–water partition coefficient (Wildman–Crippen LogP) is 3.13. The van der Waals surface area contributed by atoms with Crippen LogP contribution in [-0.4, -0.2) is 28.7 Å². The van der Waals surface area contributed by atoms with Crippen LogP contribution < -0.4 is 0 Å². The van der Waals surface area contributed by atoms with E-state index < -0.39 is 11.7 Å². The lowest BCUT2D eigenvalue weighted by Crippen LogP contribution is -2.45. The molecule has 0 aliphatic carbocycles. The van der Waals surface area contributed by atoms with Gasteiger partial charge in [0.1, 0.15) is 0 Å². The molecule has 0 saturated carbocycles. The topological polar surface area (TPSA) is 37.4 Å². The van der Waals surface area contributed by atoms with Crippen molar-refractivity contribution in [2.45, 2.75) is 53.6 Å². The quantitative estimate of drug-likeness (QED) is 0.617. The molecule has 0 aromatic heterocycles. The molecule has 0 spiro atoms. The van der Waals surface area contributed by atoms with Crippen molar-refractivity contribution in [3.8, 4) is 0 Å². The summed E-state index contributed by atoms with van der Waals surface area (Å²) in [5, 5.41) is 0. The van der Waals surface area contributed by atoms with Crippen molar-refractivity contribution in [3.05, 3.63) is 34.9 Å². The van der Waals surface area contributed by atoms with Crippen LogP contribution in [0, 0.1) is 13.8 Å². The summed E-state index contributed by atoms with van der Waals surface area (Å²) in [6.45, 7) is 11.5. The zero-order valence-electron chi connectivity index (χ0n) is 12.7. The standard InChI is InChI=1S/C16H23NO2/c1-10(2)17(11(3)4)16(19)15(18)14-8-12(5)7-13(6)9-14/h7-11H,1-6H3. The number of nitrogens with zero attached hydrogens (tertiary/aromatic N) is 1. The maximum absolute atomic E-state index is 12.3. The van der Waals surface area contributed by atoms with Crippen molar-refractivity contribution in [2.24, 2.45) is 0 Å². The van der Waals surface area contributed by atoms with E-state index in [4.69, 9.17) is 0 Å². The van der Waals surface area contributed by atoms with Gasteiger partial charge in [0.05, 0.1) is 0 Å². The first-order chi connectivity index (χ1) is 8.73. The molecule has 0 aliphatic heterocycles. The van der Waals surface area contributed by atoms with Gasteiger partial charge < -0.3 is 4.90 Å². The van der Waals surface area contributed by atoms with E-state index in [0.29, 0.717) is 5.56 Å². The molecule has 3 nitrogen and oxygen atoms in total. The normalized spacial score (nSPS) is 10.9. The molecular formula is C16H23NO2. The lowest BCUT2D eigenvalue weighted by atomic mass is 10.0. The summed E-state index contributed by atoms with van der Waals surface area (Å²) in [5.74, 6) is -0.843. The highest BCUT2D eigenvalue weighted by atomic mass is 16.2. The van der Waals surface area contributed by atoms with E-state index in [1.54, 1.807) is 17.0 Å². The molecule has 0 saturated heterocycles. The molecule has 3 heteroatoms. The van der Waals surface area contributed by atoms with E-state index in [2.05, 4.69) is 0 Å². The first-order valence-corrected chi connectivity index (χ1v) is 6.69. The third kappa shape index (κ3) is 3.66. The minimum absolute atomic E-state index is 0.0161. The fourth-order valence-corrected chi connectivity index (χ4v) is 2.41. The first-order valence-electron chi connectivity index (χ1n) is 6.69. The van der Waals surface area contributed by atoms with Crippen LogP contribution in [0.2, 0.25) is 0 Å². The van der Waals surface area contributed by atoms with Crippen LogP contribution in [0.15, 0.2) is 18.2 Å². The van der Waals surface area contributed by atoms with Crippen molar-refractivity contribution in [3.63, 3.8) is 0 Å². The van der Waals surface area contributed by atoms with Gasteiger partial charge in [-0.15, -0.1) is 0 Å². The second kappa shape index (κ2) is 6.00. The molecule has 0 N–H and O–H groups in total. The Morgan fingerprint density at radius 1 is 0.895 bits per heavy atom. The van der Waals surface area contributed by atoms with Crippen molar-refractivity contribution in [2.75, 3.05) is 0 Å². The predicted molar refractivity (Wildman–Crippen MR) is 77.4 cm³/mol. The van der Waals surface area contributed by atoms with Crippen molar-refractivity contribution >= 4 is 11.7 Å². The monoisotopic (exact) mass is 261 g/mol. The fourth-order valence-electron chi connectivity index (χ4n) is 2.41. The number of hydrogen-bond donors (Lipinski definition) is 0. The van der Waals surface area contributed by atoms with E-state index in [0.717, 1.165) is 11.1 Å². The summed E-state index contributed by atoms with van der Waals surface area (Å²) in [5.41, 5.74) is 2.47. The summed E-state index contributed by atoms with van der Waals surface area (Å²) in [6.07, 6.45) is 0. The van der Waals surface area contributed by atoms with Gasteiger partial charge in [0.15, 0.2) is 0 Å². The average molecular weight is 261 g/mol. The number of ketones is 1. The van der Waals surface area contributed by atoms with Gasteiger partial charge in [-0.05, 0) is 53.7 Å². The second-order valence-corrected chi connectivity index (χ2v) is 5.61. The third-order valence-electron chi connectivity index (χ3n) is 3.03. The third-order valence-corrected chi connectivity index (χ3v) is 3.03. The summed E-state index contributed by atoms with van der Waals surface area (Å²) in [4.78, 5) is 26.3. The molecule has 0 heterocycles. The number of amides is 1. The minimum atomic E-state index is -0.422. The van der Waals surface area contributed by atoms with Crippen LogP contribution in [0.1, 0.15) is 49.2 Å². The number of Topliss-reactive ketones (excluding diaryl/α,β-unsaturated/α-hetero) is 1. The van der Waals surface area contributed by atoms with Crippen molar-refractivity contribution in [1.82, 2.24) is 4.90 Å². The average Bonchev–Trinajstić information content (AvgIpc) is 2.25. The fraction of sp³-hybridized carbons (Fsp3) is 0.500. The maximum atomic E-state index is 12.3. The zero-order chi connectivity index (χ0) is 14.7. The SMILES string of the molecule is Cc1cc(C)cc(C(=O)C(=O)N(C(C)C)C(C)C)c1. The molecular weight excluding hydrogens is 238 g/mol. The molecule has 0 atom stereocenters. The van der Waals surface area contributed by atoms with Crippen LogP contribution >= 0.6 is 0 Å². The van der Waals surface area contributed by atoms with Gasteiger partial charge >= 0.3 is 0 Å². The minimum Gasteiger partial charge on any atom is -0.331 e. The van der Waals surface area contributed by atoms with Gasteiger partial charge in [0.25, 0.3) is 5.91 Å². The van der Waals surface area contributed by atoms with Gasteiger partial charge in [-0.2, -0.15) is 0 Å². The highest BCUT2D eigenvalue weighted by Crippen LogP contribution is 2.13. The summed E-state index contributed by atoms with van der Waals surface area (Å²) < 4.78 is 0. The molecule has 0 bridgehead atoms. The molecule has 0 fully saturated rings. The number of benzene rings is 1. The van der Waals surface area contributed by atoms with Gasteiger partial charge in [-0.1, -0.05) is 17.2 Å². The summed E-state index contributed by atoms with van der Waals surface area (Å²) in [6, 6.07) is 5.56. The van der Waals surface area contributed by atoms with E-state index in [9.17, 15) is 9.59 Å². The highest BCUT2D eigenvalue weighted by molar-refractivity contribution is 6.42. The number of aryl methyl sites for hydroxylation is 2. The molecule has 0 aliphatic rings. The smallest absolute Gasteiger partial charge is 0.295 e. The van der Waals surface area contributed by atoms with Gasteiger partial charge in [0, 0.05) is 17.6 Å². The lowest BCUT2D eigenvalue weighted by Gasteiger charge is -2.30. The zero-order valence-corrected chi connectivity index (χ0v) is 12.7. The Labute approximate surface area is 115 Å². The first kappa shape index (κ1) is 15.4. The van der Waals surface area contributed by atoms with Crippen LogP contribution in [0.3, 0.4) is 0 Å². The Morgan fingerprint density at radius 3 is 1.68 bits per heavy atom. The number of hydrogen-bond acceptors (Lipinski definition) is 2.